The molecule has 0 aromatic heterocycles. The predicted molar refractivity (Wildman–Crippen MR) is 59.3 cm³/mol. The smallest absolute Gasteiger partial charge is 0.132 e. The summed E-state index contributed by atoms with van der Waals surface area (Å²) in [5.74, 6) is 1.13. The van der Waals surface area contributed by atoms with Crippen LogP contribution in [0.2, 0.25) is 0 Å². The Balaban J connectivity index is 2.58. The van der Waals surface area contributed by atoms with Gasteiger partial charge in [-0.05, 0) is 31.2 Å². The molecular weight excluding hydrogens is 174 g/mol. The Morgan fingerprint density at radius 2 is 1.79 bits per heavy atom. The first-order valence-electron chi connectivity index (χ1n) is 5.64. The summed E-state index contributed by atoms with van der Waals surface area (Å²) in [6.45, 7) is 6.81. The Kier molecular flexibility index (Phi) is 3.71. The van der Waals surface area contributed by atoms with Crippen molar-refractivity contribution < 1.29 is 4.79 Å². The molecule has 0 saturated heterocycles. The first-order valence-corrected chi connectivity index (χ1v) is 5.64. The summed E-state index contributed by atoms with van der Waals surface area (Å²) in [6, 6.07) is 0.538. The van der Waals surface area contributed by atoms with E-state index in [-0.39, 0.29) is 0 Å². The summed E-state index contributed by atoms with van der Waals surface area (Å²) in [6.07, 6.45) is 3.72. The van der Waals surface area contributed by atoms with Gasteiger partial charge in [0.15, 0.2) is 0 Å². The van der Waals surface area contributed by atoms with Gasteiger partial charge in [-0.25, -0.2) is 0 Å². The second-order valence-corrected chi connectivity index (χ2v) is 5.51. The summed E-state index contributed by atoms with van der Waals surface area (Å²) in [7, 11) is 2.03. The minimum Gasteiger partial charge on any atom is -0.316 e. The monoisotopic (exact) mass is 197 g/mol. The molecular formula is C12H23NO. The number of carbonyl (C=O) groups excluding carboxylic acids is 1. The summed E-state index contributed by atoms with van der Waals surface area (Å²) >= 11 is 0. The summed E-state index contributed by atoms with van der Waals surface area (Å²) in [5, 5.41) is 3.42. The van der Waals surface area contributed by atoms with E-state index in [4.69, 9.17) is 0 Å². The third-order valence-corrected chi connectivity index (χ3v) is 3.30. The fourth-order valence-corrected chi connectivity index (χ4v) is 2.67. The molecule has 82 valence electrons. The molecule has 0 aliphatic heterocycles. The molecule has 1 aliphatic rings. The van der Waals surface area contributed by atoms with Gasteiger partial charge in [0.1, 0.15) is 5.78 Å². The van der Waals surface area contributed by atoms with E-state index in [0.717, 1.165) is 25.7 Å². The average molecular weight is 197 g/mol. The minimum atomic E-state index is 0.291. The molecule has 1 aliphatic carbocycles. The maximum Gasteiger partial charge on any atom is 0.132 e. The lowest BCUT2D eigenvalue weighted by molar-refractivity contribution is -0.121. The van der Waals surface area contributed by atoms with Gasteiger partial charge < -0.3 is 5.32 Å². The minimum absolute atomic E-state index is 0.291. The lowest BCUT2D eigenvalue weighted by Gasteiger charge is -2.38. The molecule has 0 bridgehead atoms. The highest BCUT2D eigenvalue weighted by atomic mass is 16.1. The van der Waals surface area contributed by atoms with E-state index in [1.807, 2.05) is 7.05 Å². The first kappa shape index (κ1) is 11.7. The molecule has 0 aromatic carbocycles. The molecule has 2 heteroatoms. The van der Waals surface area contributed by atoms with Crippen LogP contribution < -0.4 is 5.32 Å². The molecule has 1 N–H and O–H groups in total. The van der Waals surface area contributed by atoms with Crippen molar-refractivity contribution in [2.24, 2.45) is 11.3 Å². The Morgan fingerprint density at radius 3 is 2.14 bits per heavy atom. The molecule has 14 heavy (non-hydrogen) atoms. The molecule has 1 rings (SSSR count). The van der Waals surface area contributed by atoms with Crippen LogP contribution in [0.15, 0.2) is 0 Å². The maximum atomic E-state index is 11.1. The van der Waals surface area contributed by atoms with Crippen molar-refractivity contribution in [2.75, 3.05) is 7.05 Å². The SMILES string of the molecule is CNC(C1CCC(=O)CC1)C(C)(C)C. The third-order valence-electron chi connectivity index (χ3n) is 3.30. The van der Waals surface area contributed by atoms with E-state index in [2.05, 4.69) is 26.1 Å². The van der Waals surface area contributed by atoms with Gasteiger partial charge in [-0.3, -0.25) is 4.79 Å². The summed E-state index contributed by atoms with van der Waals surface area (Å²) in [5.41, 5.74) is 0.291. The fourth-order valence-electron chi connectivity index (χ4n) is 2.67. The Morgan fingerprint density at radius 1 is 1.29 bits per heavy atom. The highest BCUT2D eigenvalue weighted by Gasteiger charge is 2.32. The lowest BCUT2D eigenvalue weighted by atomic mass is 9.73. The largest absolute Gasteiger partial charge is 0.316 e. The van der Waals surface area contributed by atoms with Crippen molar-refractivity contribution in [1.29, 1.82) is 0 Å². The van der Waals surface area contributed by atoms with Gasteiger partial charge in [0.05, 0.1) is 0 Å². The fraction of sp³-hybridized carbons (Fsp3) is 0.917. The third kappa shape index (κ3) is 2.81. The molecule has 1 atom stereocenters. The molecule has 0 aromatic rings. The van der Waals surface area contributed by atoms with Crippen LogP contribution in [-0.4, -0.2) is 18.9 Å². The van der Waals surface area contributed by atoms with E-state index in [1.165, 1.54) is 0 Å². The van der Waals surface area contributed by atoms with Crippen LogP contribution >= 0.6 is 0 Å². The van der Waals surface area contributed by atoms with Crippen LogP contribution in [0.25, 0.3) is 0 Å². The van der Waals surface area contributed by atoms with Crippen LogP contribution in [0.5, 0.6) is 0 Å². The highest BCUT2D eigenvalue weighted by molar-refractivity contribution is 5.79. The normalized spacial score (nSPS) is 22.4. The molecule has 2 nitrogen and oxygen atoms in total. The van der Waals surface area contributed by atoms with Gasteiger partial charge in [0.2, 0.25) is 0 Å². The maximum absolute atomic E-state index is 11.1. The Hall–Kier alpha value is -0.370. The number of ketones is 1. The molecule has 0 spiro atoms. The average Bonchev–Trinajstić information content (AvgIpc) is 2.07. The number of nitrogens with one attached hydrogen (secondary N) is 1. The van der Waals surface area contributed by atoms with Crippen LogP contribution in [0.1, 0.15) is 46.5 Å². The van der Waals surface area contributed by atoms with Crippen LogP contribution in [0.4, 0.5) is 0 Å². The predicted octanol–water partition coefficient (Wildman–Crippen LogP) is 2.38. The van der Waals surface area contributed by atoms with Crippen molar-refractivity contribution in [3.63, 3.8) is 0 Å². The van der Waals surface area contributed by atoms with Crippen molar-refractivity contribution in [1.82, 2.24) is 5.32 Å². The van der Waals surface area contributed by atoms with E-state index < -0.39 is 0 Å². The van der Waals surface area contributed by atoms with Gasteiger partial charge in [-0.1, -0.05) is 20.8 Å². The van der Waals surface area contributed by atoms with Gasteiger partial charge in [0, 0.05) is 18.9 Å². The molecule has 1 fully saturated rings. The molecule has 0 heterocycles. The van der Waals surface area contributed by atoms with Gasteiger partial charge in [-0.15, -0.1) is 0 Å². The summed E-state index contributed by atoms with van der Waals surface area (Å²) in [4.78, 5) is 11.1. The van der Waals surface area contributed by atoms with Gasteiger partial charge >= 0.3 is 0 Å². The zero-order valence-electron chi connectivity index (χ0n) is 9.89. The van der Waals surface area contributed by atoms with Crippen molar-refractivity contribution in [3.05, 3.63) is 0 Å². The van der Waals surface area contributed by atoms with E-state index >= 15 is 0 Å². The molecule has 0 radical (unpaired) electrons. The highest BCUT2D eigenvalue weighted by Crippen LogP contribution is 2.33. The molecule has 1 unspecified atom stereocenters. The van der Waals surface area contributed by atoms with E-state index in [1.54, 1.807) is 0 Å². The van der Waals surface area contributed by atoms with Crippen LogP contribution in [-0.2, 0) is 4.79 Å². The van der Waals surface area contributed by atoms with Crippen LogP contribution in [0, 0.1) is 11.3 Å². The molecule has 0 amide bonds. The van der Waals surface area contributed by atoms with Gasteiger partial charge in [-0.2, -0.15) is 0 Å². The van der Waals surface area contributed by atoms with E-state index in [9.17, 15) is 4.79 Å². The number of carbonyl (C=O) groups is 1. The number of hydrogen-bond donors (Lipinski definition) is 1. The van der Waals surface area contributed by atoms with Gasteiger partial charge in [0.25, 0.3) is 0 Å². The zero-order valence-corrected chi connectivity index (χ0v) is 9.89. The van der Waals surface area contributed by atoms with Crippen molar-refractivity contribution in [3.8, 4) is 0 Å². The van der Waals surface area contributed by atoms with Crippen molar-refractivity contribution in [2.45, 2.75) is 52.5 Å². The van der Waals surface area contributed by atoms with E-state index in [0.29, 0.717) is 23.2 Å². The second-order valence-electron chi connectivity index (χ2n) is 5.51. The standard InChI is InChI=1S/C12H23NO/c1-12(2,3)11(13-4)9-5-7-10(14)8-6-9/h9,11,13H,5-8H2,1-4H3. The Labute approximate surface area is 87.5 Å². The quantitative estimate of drug-likeness (QED) is 0.736. The van der Waals surface area contributed by atoms with Crippen LogP contribution in [0.3, 0.4) is 0 Å². The summed E-state index contributed by atoms with van der Waals surface area (Å²) < 4.78 is 0. The lowest BCUT2D eigenvalue weighted by Crippen LogP contribution is -2.45. The number of hydrogen-bond acceptors (Lipinski definition) is 2. The first-order chi connectivity index (χ1) is 6.45. The number of Topliss-reactive ketones (excluding diaryl/α,β-unsaturated/α-hetero) is 1. The second kappa shape index (κ2) is 4.43. The molecule has 1 saturated carbocycles. The topological polar surface area (TPSA) is 29.1 Å². The van der Waals surface area contributed by atoms with Crippen molar-refractivity contribution >= 4 is 5.78 Å². The number of rotatable bonds is 2. The Bertz CT molecular complexity index is 195. The zero-order chi connectivity index (χ0) is 10.8.